The van der Waals surface area contributed by atoms with Crippen molar-refractivity contribution in [3.05, 3.63) is 25.3 Å². The molecule has 0 aromatic carbocycles. The number of rotatable bonds is 7. The van der Waals surface area contributed by atoms with Crippen molar-refractivity contribution in [2.24, 2.45) is 0 Å². The van der Waals surface area contributed by atoms with Crippen LogP contribution in [0.25, 0.3) is 0 Å². The SMILES string of the molecule is C=CCOC(=O)[C@@H](CS)N(C)C(=O)OCC=C. The predicted molar refractivity (Wildman–Crippen MR) is 68.1 cm³/mol. The molecular formula is C11H17NO4S. The van der Waals surface area contributed by atoms with Gasteiger partial charge in [-0.2, -0.15) is 12.6 Å². The lowest BCUT2D eigenvalue weighted by Crippen LogP contribution is -2.44. The molecule has 96 valence electrons. The first-order valence-electron chi connectivity index (χ1n) is 4.97. The van der Waals surface area contributed by atoms with E-state index in [1.807, 2.05) is 0 Å². The van der Waals surface area contributed by atoms with E-state index < -0.39 is 18.1 Å². The molecule has 0 aromatic rings. The second-order valence-electron chi connectivity index (χ2n) is 3.09. The Labute approximate surface area is 106 Å². The highest BCUT2D eigenvalue weighted by Crippen LogP contribution is 2.04. The van der Waals surface area contributed by atoms with E-state index in [1.54, 1.807) is 0 Å². The molecule has 0 heterocycles. The largest absolute Gasteiger partial charge is 0.460 e. The molecule has 17 heavy (non-hydrogen) atoms. The van der Waals surface area contributed by atoms with Gasteiger partial charge in [0.25, 0.3) is 0 Å². The van der Waals surface area contributed by atoms with Crippen molar-refractivity contribution in [2.45, 2.75) is 6.04 Å². The van der Waals surface area contributed by atoms with Gasteiger partial charge in [0.15, 0.2) is 0 Å². The lowest BCUT2D eigenvalue weighted by Gasteiger charge is -2.24. The minimum Gasteiger partial charge on any atom is -0.460 e. The van der Waals surface area contributed by atoms with Gasteiger partial charge in [0, 0.05) is 12.8 Å². The number of hydrogen-bond donors (Lipinski definition) is 1. The molecule has 0 aliphatic rings. The molecule has 0 aliphatic heterocycles. The predicted octanol–water partition coefficient (Wildman–Crippen LogP) is 1.27. The fourth-order valence-corrected chi connectivity index (χ4v) is 1.35. The number of esters is 1. The fraction of sp³-hybridized carbons (Fsp3) is 0.455. The summed E-state index contributed by atoms with van der Waals surface area (Å²) in [6.45, 7) is 7.03. The molecule has 1 amide bonds. The molecule has 0 fully saturated rings. The van der Waals surface area contributed by atoms with Crippen molar-refractivity contribution in [1.82, 2.24) is 4.90 Å². The zero-order valence-corrected chi connectivity index (χ0v) is 10.7. The fourth-order valence-electron chi connectivity index (χ4n) is 0.952. The van der Waals surface area contributed by atoms with E-state index in [4.69, 9.17) is 9.47 Å². The van der Waals surface area contributed by atoms with E-state index in [0.717, 1.165) is 4.90 Å². The van der Waals surface area contributed by atoms with Gasteiger partial charge >= 0.3 is 12.1 Å². The smallest absolute Gasteiger partial charge is 0.410 e. The van der Waals surface area contributed by atoms with Crippen molar-refractivity contribution in [3.8, 4) is 0 Å². The Balaban J connectivity index is 4.41. The minimum absolute atomic E-state index is 0.0875. The molecule has 0 aromatic heterocycles. The average Bonchev–Trinajstić information content (AvgIpc) is 2.33. The minimum atomic E-state index is -0.782. The quantitative estimate of drug-likeness (QED) is 0.425. The Morgan fingerprint density at radius 3 is 2.29 bits per heavy atom. The van der Waals surface area contributed by atoms with Crippen LogP contribution in [0.3, 0.4) is 0 Å². The number of carbonyl (C=O) groups is 2. The third-order valence-corrected chi connectivity index (χ3v) is 2.21. The summed E-state index contributed by atoms with van der Waals surface area (Å²) in [5.41, 5.74) is 0. The van der Waals surface area contributed by atoms with Crippen LogP contribution in [0.1, 0.15) is 0 Å². The van der Waals surface area contributed by atoms with Gasteiger partial charge in [-0.05, 0) is 0 Å². The highest BCUT2D eigenvalue weighted by molar-refractivity contribution is 7.80. The summed E-state index contributed by atoms with van der Waals surface area (Å²) in [6, 6.07) is -0.782. The Kier molecular flexibility index (Phi) is 7.96. The first kappa shape index (κ1) is 15.6. The monoisotopic (exact) mass is 259 g/mol. The van der Waals surface area contributed by atoms with Crippen LogP contribution in [-0.4, -0.2) is 49.0 Å². The summed E-state index contributed by atoms with van der Waals surface area (Å²) in [5, 5.41) is 0. The highest BCUT2D eigenvalue weighted by Gasteiger charge is 2.27. The maximum atomic E-state index is 11.6. The van der Waals surface area contributed by atoms with Crippen LogP contribution >= 0.6 is 12.6 Å². The molecular weight excluding hydrogens is 242 g/mol. The number of likely N-dealkylation sites (N-methyl/N-ethyl adjacent to an activating group) is 1. The van der Waals surface area contributed by atoms with Gasteiger partial charge in [0.2, 0.25) is 0 Å². The Bertz CT molecular complexity index is 293. The molecule has 0 radical (unpaired) electrons. The van der Waals surface area contributed by atoms with Crippen LogP contribution < -0.4 is 0 Å². The van der Waals surface area contributed by atoms with Crippen molar-refractivity contribution in [2.75, 3.05) is 26.0 Å². The number of nitrogens with zero attached hydrogens (tertiary/aromatic N) is 1. The molecule has 0 saturated heterocycles. The van der Waals surface area contributed by atoms with Gasteiger partial charge in [-0.3, -0.25) is 4.90 Å². The van der Waals surface area contributed by atoms with Crippen molar-refractivity contribution < 1.29 is 19.1 Å². The summed E-state index contributed by atoms with van der Waals surface area (Å²) in [5.74, 6) is -0.395. The topological polar surface area (TPSA) is 55.8 Å². The Morgan fingerprint density at radius 1 is 1.29 bits per heavy atom. The van der Waals surface area contributed by atoms with E-state index >= 15 is 0 Å². The number of carbonyl (C=O) groups excluding carboxylic acids is 2. The summed E-state index contributed by atoms with van der Waals surface area (Å²) >= 11 is 4.01. The lowest BCUT2D eigenvalue weighted by atomic mass is 10.3. The van der Waals surface area contributed by atoms with Gasteiger partial charge in [-0.25, -0.2) is 9.59 Å². The Morgan fingerprint density at radius 2 is 1.82 bits per heavy atom. The van der Waals surface area contributed by atoms with Crippen molar-refractivity contribution in [3.63, 3.8) is 0 Å². The van der Waals surface area contributed by atoms with Gasteiger partial charge in [-0.15, -0.1) is 0 Å². The molecule has 6 heteroatoms. The summed E-state index contributed by atoms with van der Waals surface area (Å²) < 4.78 is 9.64. The zero-order valence-electron chi connectivity index (χ0n) is 9.80. The van der Waals surface area contributed by atoms with Gasteiger partial charge < -0.3 is 9.47 Å². The normalized spacial score (nSPS) is 11.2. The standard InChI is InChI=1S/C11H17NO4S/c1-4-6-15-10(13)9(8-17)12(3)11(14)16-7-5-2/h4-5,9,17H,1-2,6-8H2,3H3/t9-/m1/s1. The second kappa shape index (κ2) is 8.69. The van der Waals surface area contributed by atoms with E-state index in [2.05, 4.69) is 25.8 Å². The Hall–Kier alpha value is -1.43. The molecule has 0 spiro atoms. The van der Waals surface area contributed by atoms with E-state index in [-0.39, 0.29) is 19.0 Å². The summed E-state index contributed by atoms with van der Waals surface area (Å²) in [7, 11) is 1.45. The molecule has 0 saturated carbocycles. The molecule has 0 aliphatic carbocycles. The van der Waals surface area contributed by atoms with Crippen LogP contribution in [0.4, 0.5) is 4.79 Å². The maximum absolute atomic E-state index is 11.6. The molecule has 0 bridgehead atoms. The summed E-state index contributed by atoms with van der Waals surface area (Å²) in [6.07, 6.45) is 2.26. The van der Waals surface area contributed by atoms with Gasteiger partial charge in [-0.1, -0.05) is 25.3 Å². The average molecular weight is 259 g/mol. The third-order valence-electron chi connectivity index (χ3n) is 1.87. The van der Waals surface area contributed by atoms with Crippen LogP contribution in [0.15, 0.2) is 25.3 Å². The first-order valence-corrected chi connectivity index (χ1v) is 5.60. The second-order valence-corrected chi connectivity index (χ2v) is 3.46. The number of amides is 1. The van der Waals surface area contributed by atoms with E-state index in [0.29, 0.717) is 0 Å². The van der Waals surface area contributed by atoms with E-state index in [1.165, 1.54) is 19.2 Å². The lowest BCUT2D eigenvalue weighted by molar-refractivity contribution is -0.146. The zero-order chi connectivity index (χ0) is 13.3. The molecule has 0 N–H and O–H groups in total. The van der Waals surface area contributed by atoms with E-state index in [9.17, 15) is 9.59 Å². The summed E-state index contributed by atoms with van der Waals surface area (Å²) in [4.78, 5) is 24.2. The number of thiol groups is 1. The van der Waals surface area contributed by atoms with Gasteiger partial charge in [0.1, 0.15) is 19.3 Å². The number of hydrogen-bond acceptors (Lipinski definition) is 5. The molecule has 0 rings (SSSR count). The van der Waals surface area contributed by atoms with Crippen molar-refractivity contribution >= 4 is 24.7 Å². The maximum Gasteiger partial charge on any atom is 0.410 e. The van der Waals surface area contributed by atoms with Crippen molar-refractivity contribution in [1.29, 1.82) is 0 Å². The highest BCUT2D eigenvalue weighted by atomic mass is 32.1. The van der Waals surface area contributed by atoms with Crippen LogP contribution in [0.2, 0.25) is 0 Å². The van der Waals surface area contributed by atoms with Gasteiger partial charge in [0.05, 0.1) is 0 Å². The third kappa shape index (κ3) is 5.44. The van der Waals surface area contributed by atoms with Crippen LogP contribution in [0.5, 0.6) is 0 Å². The molecule has 5 nitrogen and oxygen atoms in total. The molecule has 1 atom stereocenters. The van der Waals surface area contributed by atoms with Crippen LogP contribution in [-0.2, 0) is 14.3 Å². The molecule has 0 unspecified atom stereocenters. The first-order chi connectivity index (χ1) is 8.08. The number of ether oxygens (including phenoxy) is 2. The van der Waals surface area contributed by atoms with Crippen LogP contribution in [0, 0.1) is 0 Å².